The Hall–Kier alpha value is -1.19. The fourth-order valence-corrected chi connectivity index (χ4v) is 1.43. The Kier molecular flexibility index (Phi) is 5.15. The van der Waals surface area contributed by atoms with Crippen LogP contribution in [0.5, 0.6) is 11.5 Å². The van der Waals surface area contributed by atoms with Crippen LogP contribution in [0.4, 0.5) is 0 Å². The second-order valence-corrected chi connectivity index (χ2v) is 3.84. The molecule has 0 aliphatic heterocycles. The normalized spacial score (nSPS) is 9.94. The van der Waals surface area contributed by atoms with Crippen LogP contribution in [0.2, 0.25) is 0 Å². The van der Waals surface area contributed by atoms with Crippen LogP contribution in [0.1, 0.15) is 5.56 Å². The van der Waals surface area contributed by atoms with E-state index in [0.717, 1.165) is 17.1 Å². The van der Waals surface area contributed by atoms with Gasteiger partial charge in [-0.2, -0.15) is 0 Å². The predicted molar refractivity (Wildman–Crippen MR) is 66.2 cm³/mol. The minimum atomic E-state index is 0.593. The molecule has 0 atom stereocenters. The molecule has 0 heterocycles. The van der Waals surface area contributed by atoms with Crippen molar-refractivity contribution in [2.45, 2.75) is 6.54 Å². The monoisotopic (exact) mass is 241 g/mol. The van der Waals surface area contributed by atoms with E-state index in [-0.39, 0.29) is 0 Å². The van der Waals surface area contributed by atoms with Crippen LogP contribution in [-0.2, 0) is 6.54 Å². The van der Waals surface area contributed by atoms with Crippen LogP contribution in [0.3, 0.4) is 0 Å². The van der Waals surface area contributed by atoms with Crippen molar-refractivity contribution in [3.63, 3.8) is 0 Å². The summed E-state index contributed by atoms with van der Waals surface area (Å²) < 4.78 is 10.4. The molecule has 1 rings (SSSR count). The molecule has 4 heteroatoms. The van der Waals surface area contributed by atoms with E-state index in [1.165, 1.54) is 0 Å². The van der Waals surface area contributed by atoms with Crippen LogP contribution in [0, 0.1) is 0 Å². The van der Waals surface area contributed by atoms with Gasteiger partial charge >= 0.3 is 0 Å². The number of hydrogen-bond acceptors (Lipinski definition) is 3. The third-order valence-electron chi connectivity index (χ3n) is 2.09. The summed E-state index contributed by atoms with van der Waals surface area (Å²) in [6.07, 6.45) is 0. The van der Waals surface area contributed by atoms with Crippen LogP contribution in [-0.4, -0.2) is 20.8 Å². The molecule has 3 nitrogen and oxygen atoms in total. The van der Waals surface area contributed by atoms with Crippen molar-refractivity contribution in [3.05, 3.63) is 35.4 Å². The zero-order chi connectivity index (χ0) is 12.0. The summed E-state index contributed by atoms with van der Waals surface area (Å²) in [5, 5.41) is 3.76. The summed E-state index contributed by atoms with van der Waals surface area (Å²) in [4.78, 5) is 0. The van der Waals surface area contributed by atoms with Crippen molar-refractivity contribution < 1.29 is 9.47 Å². The first kappa shape index (κ1) is 12.9. The van der Waals surface area contributed by atoms with Gasteiger partial charge in [-0.3, -0.25) is 0 Å². The third kappa shape index (κ3) is 3.76. The molecule has 0 fully saturated rings. The van der Waals surface area contributed by atoms with Crippen molar-refractivity contribution in [3.8, 4) is 11.5 Å². The van der Waals surface area contributed by atoms with Crippen molar-refractivity contribution in [2.75, 3.05) is 20.8 Å². The van der Waals surface area contributed by atoms with E-state index in [9.17, 15) is 0 Å². The molecule has 0 aliphatic carbocycles. The summed E-state index contributed by atoms with van der Waals surface area (Å²) in [5.74, 6) is 1.46. The molecule has 0 spiro atoms. The van der Waals surface area contributed by atoms with Crippen LogP contribution in [0.15, 0.2) is 29.8 Å². The molecule has 0 radical (unpaired) electrons. The largest absolute Gasteiger partial charge is 0.493 e. The van der Waals surface area contributed by atoms with Gasteiger partial charge in [0.05, 0.1) is 14.2 Å². The van der Waals surface area contributed by atoms with Gasteiger partial charge < -0.3 is 14.8 Å². The van der Waals surface area contributed by atoms with Crippen molar-refractivity contribution in [1.29, 1.82) is 0 Å². The van der Waals surface area contributed by atoms with Crippen molar-refractivity contribution >= 4 is 11.6 Å². The molecule has 0 aromatic heterocycles. The van der Waals surface area contributed by atoms with Crippen LogP contribution in [0.25, 0.3) is 0 Å². The number of rotatable bonds is 6. The molecular formula is C12H16ClNO2. The summed E-state index contributed by atoms with van der Waals surface area (Å²) in [6, 6.07) is 5.79. The topological polar surface area (TPSA) is 30.5 Å². The Balaban J connectivity index is 2.64. The highest BCUT2D eigenvalue weighted by Gasteiger charge is 2.03. The fourth-order valence-electron chi connectivity index (χ4n) is 1.33. The fraction of sp³-hybridized carbons (Fsp3) is 0.333. The lowest BCUT2D eigenvalue weighted by atomic mass is 10.2. The molecule has 0 saturated heterocycles. The number of ether oxygens (including phenoxy) is 2. The summed E-state index contributed by atoms with van der Waals surface area (Å²) in [5.41, 5.74) is 1.11. The van der Waals surface area contributed by atoms with E-state index in [1.54, 1.807) is 14.2 Å². The maximum atomic E-state index is 5.65. The van der Waals surface area contributed by atoms with Crippen molar-refractivity contribution in [1.82, 2.24) is 5.32 Å². The summed E-state index contributed by atoms with van der Waals surface area (Å²) >= 11 is 5.65. The number of benzene rings is 1. The zero-order valence-electron chi connectivity index (χ0n) is 9.55. The molecule has 88 valence electrons. The van der Waals surface area contributed by atoms with Gasteiger partial charge in [0.15, 0.2) is 11.5 Å². The molecule has 0 unspecified atom stereocenters. The van der Waals surface area contributed by atoms with Gasteiger partial charge in [0.25, 0.3) is 0 Å². The quantitative estimate of drug-likeness (QED) is 0.830. The molecular weight excluding hydrogens is 226 g/mol. The summed E-state index contributed by atoms with van der Waals surface area (Å²) in [6.45, 7) is 4.91. The molecule has 0 saturated carbocycles. The van der Waals surface area contributed by atoms with E-state index in [1.807, 2.05) is 18.2 Å². The Morgan fingerprint density at radius 3 is 2.56 bits per heavy atom. The first-order valence-electron chi connectivity index (χ1n) is 4.92. The Labute approximate surface area is 101 Å². The lowest BCUT2D eigenvalue weighted by Crippen LogP contribution is -2.14. The first-order chi connectivity index (χ1) is 7.67. The van der Waals surface area contributed by atoms with Gasteiger partial charge in [0, 0.05) is 18.1 Å². The van der Waals surface area contributed by atoms with Gasteiger partial charge in [0.2, 0.25) is 0 Å². The average molecular weight is 242 g/mol. The summed E-state index contributed by atoms with van der Waals surface area (Å²) in [7, 11) is 3.24. The highest BCUT2D eigenvalue weighted by atomic mass is 35.5. The average Bonchev–Trinajstić information content (AvgIpc) is 2.28. The first-order valence-corrected chi connectivity index (χ1v) is 5.30. The Bertz CT molecular complexity index is 366. The van der Waals surface area contributed by atoms with Gasteiger partial charge in [-0.25, -0.2) is 0 Å². The lowest BCUT2D eigenvalue weighted by molar-refractivity contribution is 0.354. The molecule has 0 amide bonds. The Morgan fingerprint density at radius 2 is 2.00 bits per heavy atom. The molecule has 0 bridgehead atoms. The number of halogens is 1. The predicted octanol–water partition coefficient (Wildman–Crippen LogP) is 2.55. The number of hydrogen-bond donors (Lipinski definition) is 1. The van der Waals surface area contributed by atoms with E-state index < -0.39 is 0 Å². The van der Waals surface area contributed by atoms with Crippen molar-refractivity contribution in [2.24, 2.45) is 0 Å². The lowest BCUT2D eigenvalue weighted by Gasteiger charge is -2.10. The van der Waals surface area contributed by atoms with E-state index in [4.69, 9.17) is 21.1 Å². The maximum Gasteiger partial charge on any atom is 0.161 e. The molecule has 16 heavy (non-hydrogen) atoms. The number of methoxy groups -OCH3 is 2. The highest BCUT2D eigenvalue weighted by Crippen LogP contribution is 2.27. The van der Waals surface area contributed by atoms with Gasteiger partial charge in [-0.05, 0) is 17.7 Å². The van der Waals surface area contributed by atoms with E-state index in [0.29, 0.717) is 18.1 Å². The smallest absolute Gasteiger partial charge is 0.161 e. The Morgan fingerprint density at radius 1 is 1.31 bits per heavy atom. The molecule has 0 aliphatic rings. The van der Waals surface area contributed by atoms with Crippen LogP contribution < -0.4 is 14.8 Å². The zero-order valence-corrected chi connectivity index (χ0v) is 10.3. The second-order valence-electron chi connectivity index (χ2n) is 3.31. The van der Waals surface area contributed by atoms with Gasteiger partial charge in [0.1, 0.15) is 0 Å². The van der Waals surface area contributed by atoms with E-state index in [2.05, 4.69) is 11.9 Å². The molecule has 1 aromatic rings. The molecule has 1 N–H and O–H groups in total. The third-order valence-corrected chi connectivity index (χ3v) is 2.23. The highest BCUT2D eigenvalue weighted by molar-refractivity contribution is 6.29. The van der Waals surface area contributed by atoms with Gasteiger partial charge in [-0.1, -0.05) is 24.2 Å². The van der Waals surface area contributed by atoms with Crippen LogP contribution >= 0.6 is 11.6 Å². The standard InChI is InChI=1S/C12H16ClNO2/c1-9(13)7-14-8-10-4-5-11(15-2)12(6-10)16-3/h4-6,14H,1,7-8H2,2-3H3. The SMILES string of the molecule is C=C(Cl)CNCc1ccc(OC)c(OC)c1. The maximum absolute atomic E-state index is 5.65. The molecule has 1 aromatic carbocycles. The van der Waals surface area contributed by atoms with E-state index >= 15 is 0 Å². The second kappa shape index (κ2) is 6.40. The number of nitrogens with one attached hydrogen (secondary N) is 1. The minimum Gasteiger partial charge on any atom is -0.493 e. The minimum absolute atomic E-state index is 0.593. The van der Waals surface area contributed by atoms with Gasteiger partial charge in [-0.15, -0.1) is 0 Å².